The van der Waals surface area contributed by atoms with E-state index >= 15 is 0 Å². The summed E-state index contributed by atoms with van der Waals surface area (Å²) in [6.45, 7) is 2.57. The number of rotatable bonds is 0. The van der Waals surface area contributed by atoms with Crippen LogP contribution in [-0.4, -0.2) is 23.6 Å². The van der Waals surface area contributed by atoms with Crippen LogP contribution in [0.15, 0.2) is 18.2 Å². The van der Waals surface area contributed by atoms with Crippen LogP contribution in [0.1, 0.15) is 24.1 Å². The first-order chi connectivity index (χ1) is 7.27. The molecule has 2 aliphatic heterocycles. The van der Waals surface area contributed by atoms with E-state index in [1.54, 1.807) is 0 Å². The number of carbonyl (C=O) groups is 1. The predicted molar refractivity (Wildman–Crippen MR) is 54.4 cm³/mol. The molecule has 0 bridgehead atoms. The second kappa shape index (κ2) is 4.46. The molecule has 2 aliphatic rings. The molecule has 1 amide bonds. The molecular formula is C12H12NO2Y-. The zero-order chi connectivity index (χ0) is 10.4. The topological polar surface area (TPSA) is 29.5 Å². The number of benzene rings is 1. The molecule has 2 heterocycles. The van der Waals surface area contributed by atoms with Gasteiger partial charge in [-0.3, -0.25) is 0 Å². The summed E-state index contributed by atoms with van der Waals surface area (Å²) in [5.74, 6) is 0. The van der Waals surface area contributed by atoms with Gasteiger partial charge in [-0.1, -0.05) is 6.92 Å². The minimum atomic E-state index is -0.179. The normalized spacial score (nSPS) is 26.6. The molecule has 2 unspecified atom stereocenters. The summed E-state index contributed by atoms with van der Waals surface area (Å²) in [6.07, 6.45) is 0.689. The molecule has 0 spiro atoms. The summed E-state index contributed by atoms with van der Waals surface area (Å²) in [5.41, 5.74) is 2.43. The first-order valence-electron chi connectivity index (χ1n) is 5.22. The molecule has 0 N–H and O–H groups in total. The first-order valence-corrected chi connectivity index (χ1v) is 5.22. The molecule has 1 fully saturated rings. The standard InChI is InChI=1S/C12H12NO2.Y/c1-8-11-5-3-2-4-9(11)6-10-7-15-12(14)13(8)10;/h2-3,5,8,10H,6-7H2,1H3;/q-1;. The third-order valence-electron chi connectivity index (χ3n) is 3.29. The zero-order valence-electron chi connectivity index (χ0n) is 9.14. The number of nitrogens with zero attached hydrogens (tertiary/aromatic N) is 1. The van der Waals surface area contributed by atoms with E-state index in [1.807, 2.05) is 24.0 Å². The average Bonchev–Trinajstić information content (AvgIpc) is 2.61. The van der Waals surface area contributed by atoms with Gasteiger partial charge in [-0.15, -0.1) is 5.56 Å². The largest absolute Gasteiger partial charge is 0.447 e. The fourth-order valence-electron chi connectivity index (χ4n) is 2.54. The van der Waals surface area contributed by atoms with Gasteiger partial charge in [-0.2, -0.15) is 29.8 Å². The molecule has 1 aromatic carbocycles. The van der Waals surface area contributed by atoms with Crippen LogP contribution < -0.4 is 0 Å². The number of hydrogen-bond acceptors (Lipinski definition) is 2. The van der Waals surface area contributed by atoms with E-state index in [-0.39, 0.29) is 50.9 Å². The van der Waals surface area contributed by atoms with Crippen molar-refractivity contribution in [3.63, 3.8) is 0 Å². The van der Waals surface area contributed by atoms with Crippen LogP contribution in [0.25, 0.3) is 0 Å². The zero-order valence-corrected chi connectivity index (χ0v) is 12.0. The Morgan fingerprint density at radius 3 is 3.19 bits per heavy atom. The van der Waals surface area contributed by atoms with Gasteiger partial charge < -0.3 is 9.64 Å². The molecule has 1 saturated heterocycles. The number of fused-ring (bicyclic) bond motifs is 2. The number of carbonyl (C=O) groups excluding carboxylic acids is 1. The number of hydrogen-bond donors (Lipinski definition) is 0. The number of cyclic esters (lactones) is 1. The summed E-state index contributed by atoms with van der Waals surface area (Å²) in [6, 6.07) is 9.54. The molecule has 1 radical (unpaired) electrons. The maximum atomic E-state index is 11.5. The van der Waals surface area contributed by atoms with Crippen molar-refractivity contribution in [1.82, 2.24) is 4.90 Å². The molecule has 0 aliphatic carbocycles. The van der Waals surface area contributed by atoms with Crippen LogP contribution in [0.4, 0.5) is 4.79 Å². The molecule has 2 atom stereocenters. The van der Waals surface area contributed by atoms with Crippen molar-refractivity contribution in [2.45, 2.75) is 25.4 Å². The van der Waals surface area contributed by atoms with Crippen LogP contribution >= 0.6 is 0 Å². The summed E-state index contributed by atoms with van der Waals surface area (Å²) in [5, 5.41) is 0. The Kier molecular flexibility index (Phi) is 3.36. The average molecular weight is 291 g/mol. The van der Waals surface area contributed by atoms with Gasteiger partial charge >= 0.3 is 6.09 Å². The molecule has 16 heavy (non-hydrogen) atoms. The van der Waals surface area contributed by atoms with Crippen molar-refractivity contribution in [3.8, 4) is 0 Å². The Balaban J connectivity index is 0.000000963. The van der Waals surface area contributed by atoms with Crippen LogP contribution in [0.5, 0.6) is 0 Å². The van der Waals surface area contributed by atoms with E-state index in [9.17, 15) is 4.79 Å². The van der Waals surface area contributed by atoms with Gasteiger partial charge in [0.1, 0.15) is 6.61 Å². The van der Waals surface area contributed by atoms with E-state index in [0.717, 1.165) is 6.42 Å². The summed E-state index contributed by atoms with van der Waals surface area (Å²) >= 11 is 0. The van der Waals surface area contributed by atoms with E-state index in [0.29, 0.717) is 6.61 Å². The minimum Gasteiger partial charge on any atom is -0.447 e. The maximum Gasteiger partial charge on any atom is 0.409 e. The SMILES string of the molecule is CC1c2ccc[c-]c2CC2COC(=O)N21.[Y]. The van der Waals surface area contributed by atoms with Crippen molar-refractivity contribution < 1.29 is 42.2 Å². The van der Waals surface area contributed by atoms with Gasteiger partial charge in [0.05, 0.1) is 6.04 Å². The quantitative estimate of drug-likeness (QED) is 0.684. The third-order valence-corrected chi connectivity index (χ3v) is 3.29. The Morgan fingerprint density at radius 1 is 1.56 bits per heavy atom. The van der Waals surface area contributed by atoms with E-state index in [1.165, 1.54) is 11.1 Å². The molecule has 3 nitrogen and oxygen atoms in total. The van der Waals surface area contributed by atoms with Gasteiger partial charge in [0, 0.05) is 38.8 Å². The van der Waals surface area contributed by atoms with Crippen molar-refractivity contribution in [2.24, 2.45) is 0 Å². The first kappa shape index (κ1) is 12.1. The van der Waals surface area contributed by atoms with Gasteiger partial charge in [0.25, 0.3) is 0 Å². The number of ether oxygens (including phenoxy) is 1. The van der Waals surface area contributed by atoms with Gasteiger partial charge in [0.15, 0.2) is 0 Å². The summed E-state index contributed by atoms with van der Waals surface area (Å²) in [7, 11) is 0. The van der Waals surface area contributed by atoms with Crippen LogP contribution in [0, 0.1) is 6.07 Å². The Bertz CT molecular complexity index is 421. The van der Waals surface area contributed by atoms with E-state index in [2.05, 4.69) is 12.1 Å². The molecule has 0 saturated carbocycles. The second-order valence-corrected chi connectivity index (χ2v) is 4.12. The molecule has 4 heteroatoms. The molecule has 1 aromatic rings. The fourth-order valence-corrected chi connectivity index (χ4v) is 2.54. The summed E-state index contributed by atoms with van der Waals surface area (Å²) in [4.78, 5) is 13.4. The Labute approximate surface area is 120 Å². The molecule has 3 rings (SSSR count). The van der Waals surface area contributed by atoms with Gasteiger partial charge in [-0.05, 0) is 6.42 Å². The van der Waals surface area contributed by atoms with E-state index < -0.39 is 0 Å². The van der Waals surface area contributed by atoms with Crippen molar-refractivity contribution >= 4 is 6.09 Å². The second-order valence-electron chi connectivity index (χ2n) is 4.12. The Hall–Kier alpha value is -0.406. The van der Waals surface area contributed by atoms with Gasteiger partial charge in [0.2, 0.25) is 0 Å². The van der Waals surface area contributed by atoms with Crippen LogP contribution in [-0.2, 0) is 43.9 Å². The minimum absolute atomic E-state index is 0. The smallest absolute Gasteiger partial charge is 0.409 e. The third kappa shape index (κ3) is 1.70. The number of amides is 1. The fraction of sp³-hybridized carbons (Fsp3) is 0.417. The Morgan fingerprint density at radius 2 is 2.38 bits per heavy atom. The van der Waals surface area contributed by atoms with Gasteiger partial charge in [-0.25, -0.2) is 4.79 Å². The van der Waals surface area contributed by atoms with E-state index in [4.69, 9.17) is 4.74 Å². The monoisotopic (exact) mass is 291 g/mol. The summed E-state index contributed by atoms with van der Waals surface area (Å²) < 4.78 is 5.07. The molecule has 81 valence electrons. The van der Waals surface area contributed by atoms with Crippen LogP contribution in [0.3, 0.4) is 0 Å². The van der Waals surface area contributed by atoms with Crippen molar-refractivity contribution in [1.29, 1.82) is 0 Å². The maximum absolute atomic E-state index is 11.5. The predicted octanol–water partition coefficient (Wildman–Crippen LogP) is 1.92. The van der Waals surface area contributed by atoms with Crippen molar-refractivity contribution in [2.75, 3.05) is 6.61 Å². The van der Waals surface area contributed by atoms with Crippen LogP contribution in [0.2, 0.25) is 0 Å². The molecule has 0 aromatic heterocycles. The molecular weight excluding hydrogens is 279 g/mol. The van der Waals surface area contributed by atoms with Crippen molar-refractivity contribution in [3.05, 3.63) is 35.4 Å².